The standard InChI is InChI=1S/C28H29FN2O3/c1-4-31-18-26(24-7-5-6-8-27(24)31)25(20-13-22(33-2)15-23(14-20)34-3)16-28(32)30-17-19-9-11-21(29)12-10-19/h5-15,18,25H,4,16-17H2,1-3H3,(H,30,32). The first kappa shape index (κ1) is 23.4. The van der Waals surface area contributed by atoms with E-state index in [0.717, 1.165) is 34.1 Å². The van der Waals surface area contributed by atoms with Crippen LogP contribution in [0.15, 0.2) is 72.9 Å². The number of nitrogens with zero attached hydrogens (tertiary/aromatic N) is 1. The molecule has 4 aromatic rings. The first-order valence-corrected chi connectivity index (χ1v) is 11.3. The number of benzene rings is 3. The monoisotopic (exact) mass is 460 g/mol. The number of aromatic nitrogens is 1. The summed E-state index contributed by atoms with van der Waals surface area (Å²) in [6.07, 6.45) is 2.38. The van der Waals surface area contributed by atoms with Gasteiger partial charge in [-0.15, -0.1) is 0 Å². The smallest absolute Gasteiger partial charge is 0.221 e. The zero-order valence-corrected chi connectivity index (χ0v) is 19.7. The van der Waals surface area contributed by atoms with Crippen molar-refractivity contribution in [2.75, 3.05) is 14.2 Å². The van der Waals surface area contributed by atoms with Crippen molar-refractivity contribution in [1.82, 2.24) is 9.88 Å². The van der Waals surface area contributed by atoms with Crippen LogP contribution in [0.2, 0.25) is 0 Å². The second kappa shape index (κ2) is 10.4. The average molecular weight is 461 g/mol. The van der Waals surface area contributed by atoms with Crippen molar-refractivity contribution >= 4 is 16.8 Å². The number of aryl methyl sites for hydroxylation is 1. The number of amides is 1. The Morgan fingerprint density at radius 2 is 1.68 bits per heavy atom. The summed E-state index contributed by atoms with van der Waals surface area (Å²) in [6, 6.07) is 20.1. The fourth-order valence-electron chi connectivity index (χ4n) is 4.31. The van der Waals surface area contributed by atoms with Gasteiger partial charge in [-0.2, -0.15) is 0 Å². The van der Waals surface area contributed by atoms with Gasteiger partial charge in [0.05, 0.1) is 14.2 Å². The summed E-state index contributed by atoms with van der Waals surface area (Å²) in [7, 11) is 3.23. The number of para-hydroxylation sites is 1. The van der Waals surface area contributed by atoms with Gasteiger partial charge >= 0.3 is 0 Å². The quantitative estimate of drug-likeness (QED) is 0.351. The molecule has 176 valence electrons. The van der Waals surface area contributed by atoms with Crippen LogP contribution in [-0.2, 0) is 17.9 Å². The van der Waals surface area contributed by atoms with E-state index in [9.17, 15) is 9.18 Å². The van der Waals surface area contributed by atoms with Crippen molar-refractivity contribution in [2.45, 2.75) is 32.4 Å². The molecule has 0 bridgehead atoms. The lowest BCUT2D eigenvalue weighted by Crippen LogP contribution is -2.25. The molecule has 0 saturated heterocycles. The number of carbonyl (C=O) groups is 1. The Bertz CT molecular complexity index is 1260. The number of halogens is 1. The van der Waals surface area contributed by atoms with Gasteiger partial charge in [-0.3, -0.25) is 4.79 Å². The summed E-state index contributed by atoms with van der Waals surface area (Å²) in [5, 5.41) is 4.10. The summed E-state index contributed by atoms with van der Waals surface area (Å²) in [5.74, 6) is 0.740. The SMILES string of the molecule is CCn1cc(C(CC(=O)NCc2ccc(F)cc2)c2cc(OC)cc(OC)c2)c2ccccc21. The predicted octanol–water partition coefficient (Wildman–Crippen LogP) is 5.66. The number of methoxy groups -OCH3 is 2. The fourth-order valence-corrected chi connectivity index (χ4v) is 4.31. The van der Waals surface area contributed by atoms with E-state index >= 15 is 0 Å². The van der Waals surface area contributed by atoms with E-state index in [4.69, 9.17) is 9.47 Å². The van der Waals surface area contributed by atoms with Crippen molar-refractivity contribution in [3.8, 4) is 11.5 Å². The van der Waals surface area contributed by atoms with Gasteiger partial charge in [-0.25, -0.2) is 4.39 Å². The normalized spacial score (nSPS) is 11.9. The third-order valence-corrected chi connectivity index (χ3v) is 6.10. The molecule has 1 atom stereocenters. The van der Waals surface area contributed by atoms with Gasteiger partial charge in [0.25, 0.3) is 0 Å². The molecule has 1 N–H and O–H groups in total. The van der Waals surface area contributed by atoms with Gasteiger partial charge in [0, 0.05) is 48.6 Å². The molecule has 0 spiro atoms. The van der Waals surface area contributed by atoms with Crippen molar-refractivity contribution in [3.63, 3.8) is 0 Å². The molecule has 3 aromatic carbocycles. The Balaban J connectivity index is 1.70. The molecule has 0 aliphatic rings. The van der Waals surface area contributed by atoms with Crippen LogP contribution in [-0.4, -0.2) is 24.7 Å². The van der Waals surface area contributed by atoms with Crippen LogP contribution in [0.25, 0.3) is 10.9 Å². The zero-order chi connectivity index (χ0) is 24.1. The topological polar surface area (TPSA) is 52.5 Å². The molecule has 4 rings (SSSR count). The van der Waals surface area contributed by atoms with E-state index in [1.165, 1.54) is 12.1 Å². The second-order valence-corrected chi connectivity index (χ2v) is 8.19. The molecule has 34 heavy (non-hydrogen) atoms. The van der Waals surface area contributed by atoms with E-state index in [1.54, 1.807) is 26.4 Å². The fraction of sp³-hybridized carbons (Fsp3) is 0.250. The number of hydrogen-bond acceptors (Lipinski definition) is 3. The first-order valence-electron chi connectivity index (χ1n) is 11.3. The highest BCUT2D eigenvalue weighted by Gasteiger charge is 2.24. The summed E-state index contributed by atoms with van der Waals surface area (Å²) in [5.41, 5.74) is 3.99. The third-order valence-electron chi connectivity index (χ3n) is 6.10. The number of rotatable bonds is 9. The van der Waals surface area contributed by atoms with Gasteiger partial charge < -0.3 is 19.4 Å². The van der Waals surface area contributed by atoms with E-state index in [1.807, 2.05) is 30.3 Å². The minimum atomic E-state index is -0.297. The minimum Gasteiger partial charge on any atom is -0.497 e. The largest absolute Gasteiger partial charge is 0.497 e. The molecule has 0 aliphatic carbocycles. The summed E-state index contributed by atoms with van der Waals surface area (Å²) < 4.78 is 26.4. The molecule has 0 fully saturated rings. The maximum Gasteiger partial charge on any atom is 0.221 e. The zero-order valence-electron chi connectivity index (χ0n) is 19.7. The predicted molar refractivity (Wildman–Crippen MR) is 132 cm³/mol. The Hall–Kier alpha value is -3.80. The number of hydrogen-bond donors (Lipinski definition) is 1. The Labute approximate surface area is 199 Å². The highest BCUT2D eigenvalue weighted by atomic mass is 19.1. The van der Waals surface area contributed by atoms with E-state index in [-0.39, 0.29) is 24.1 Å². The first-order chi connectivity index (χ1) is 16.5. The van der Waals surface area contributed by atoms with Crippen LogP contribution >= 0.6 is 0 Å². The molecule has 1 heterocycles. The molecule has 0 radical (unpaired) electrons. The minimum absolute atomic E-state index is 0.0931. The molecule has 0 saturated carbocycles. The van der Waals surface area contributed by atoms with Gasteiger partial charge in [0.1, 0.15) is 17.3 Å². The molecular formula is C28H29FN2O3. The second-order valence-electron chi connectivity index (χ2n) is 8.19. The molecule has 1 unspecified atom stereocenters. The van der Waals surface area contributed by atoms with E-state index < -0.39 is 0 Å². The number of nitrogens with one attached hydrogen (secondary N) is 1. The lowest BCUT2D eigenvalue weighted by Gasteiger charge is -2.19. The average Bonchev–Trinajstić information content (AvgIpc) is 3.25. The third kappa shape index (κ3) is 5.06. The van der Waals surface area contributed by atoms with Crippen LogP contribution in [0.5, 0.6) is 11.5 Å². The number of fused-ring (bicyclic) bond motifs is 1. The molecule has 1 aromatic heterocycles. The number of carbonyl (C=O) groups excluding carboxylic acids is 1. The van der Waals surface area contributed by atoms with Crippen LogP contribution < -0.4 is 14.8 Å². The Morgan fingerprint density at radius 1 is 1.00 bits per heavy atom. The van der Waals surface area contributed by atoms with Gasteiger partial charge in [0.15, 0.2) is 0 Å². The van der Waals surface area contributed by atoms with Crippen LogP contribution in [0.4, 0.5) is 4.39 Å². The van der Waals surface area contributed by atoms with E-state index in [2.05, 4.69) is 35.1 Å². The Morgan fingerprint density at radius 3 is 2.32 bits per heavy atom. The van der Waals surface area contributed by atoms with Crippen LogP contribution in [0.1, 0.15) is 36.0 Å². The van der Waals surface area contributed by atoms with Gasteiger partial charge in [-0.05, 0) is 53.9 Å². The van der Waals surface area contributed by atoms with Gasteiger partial charge in [0.2, 0.25) is 5.91 Å². The lowest BCUT2D eigenvalue weighted by molar-refractivity contribution is -0.121. The van der Waals surface area contributed by atoms with Crippen molar-refractivity contribution in [2.24, 2.45) is 0 Å². The van der Waals surface area contributed by atoms with Crippen LogP contribution in [0, 0.1) is 5.82 Å². The summed E-state index contributed by atoms with van der Waals surface area (Å²) in [6.45, 7) is 3.27. The Kier molecular flexibility index (Phi) is 7.16. The number of ether oxygens (including phenoxy) is 2. The molecule has 1 amide bonds. The molecule has 5 nitrogen and oxygen atoms in total. The maximum absolute atomic E-state index is 13.2. The highest BCUT2D eigenvalue weighted by Crippen LogP contribution is 2.38. The van der Waals surface area contributed by atoms with Crippen molar-refractivity contribution < 1.29 is 18.7 Å². The van der Waals surface area contributed by atoms with Crippen molar-refractivity contribution in [1.29, 1.82) is 0 Å². The molecular weight excluding hydrogens is 431 g/mol. The molecule has 6 heteroatoms. The van der Waals surface area contributed by atoms with Gasteiger partial charge in [-0.1, -0.05) is 30.3 Å². The highest BCUT2D eigenvalue weighted by molar-refractivity contribution is 5.86. The lowest BCUT2D eigenvalue weighted by atomic mass is 9.87. The van der Waals surface area contributed by atoms with Crippen molar-refractivity contribution in [3.05, 3.63) is 95.4 Å². The summed E-state index contributed by atoms with van der Waals surface area (Å²) >= 11 is 0. The molecule has 0 aliphatic heterocycles. The maximum atomic E-state index is 13.2. The van der Waals surface area contributed by atoms with Crippen LogP contribution in [0.3, 0.4) is 0 Å². The van der Waals surface area contributed by atoms with E-state index in [0.29, 0.717) is 18.0 Å². The summed E-state index contributed by atoms with van der Waals surface area (Å²) in [4.78, 5) is 13.1.